The van der Waals surface area contributed by atoms with Crippen LogP contribution < -0.4 is 19.7 Å². The average molecular weight is 425 g/mol. The summed E-state index contributed by atoms with van der Waals surface area (Å²) >= 11 is 0. The van der Waals surface area contributed by atoms with Crippen LogP contribution in [-0.2, 0) is 16.1 Å². The van der Waals surface area contributed by atoms with Crippen LogP contribution in [-0.4, -0.2) is 56.2 Å². The Hall–Kier alpha value is -3.13. The van der Waals surface area contributed by atoms with Gasteiger partial charge in [-0.05, 0) is 29.8 Å². The molecule has 0 aliphatic carbocycles. The van der Waals surface area contributed by atoms with E-state index in [2.05, 4.69) is 15.2 Å². The number of amides is 1. The van der Waals surface area contributed by atoms with Crippen LogP contribution in [0, 0.1) is 0 Å². The minimum atomic E-state index is -0.167. The summed E-state index contributed by atoms with van der Waals surface area (Å²) in [7, 11) is 0. The van der Waals surface area contributed by atoms with E-state index < -0.39 is 0 Å². The number of ether oxygens (including phenoxy) is 3. The SMILES string of the molecule is O=C(CCC(=O)c1ccc2c(c1)OCCCO2)NCc1ccc(N2CCOCC2)nc1. The van der Waals surface area contributed by atoms with Crippen LogP contribution in [0.25, 0.3) is 0 Å². The van der Waals surface area contributed by atoms with Crippen LogP contribution in [0.15, 0.2) is 36.5 Å². The zero-order valence-corrected chi connectivity index (χ0v) is 17.5. The Morgan fingerprint density at radius 2 is 1.77 bits per heavy atom. The molecule has 0 unspecified atom stereocenters. The van der Waals surface area contributed by atoms with Crippen LogP contribution in [0.1, 0.15) is 35.2 Å². The third-order valence-electron chi connectivity index (χ3n) is 5.28. The maximum absolute atomic E-state index is 12.5. The van der Waals surface area contributed by atoms with E-state index in [-0.39, 0.29) is 24.5 Å². The van der Waals surface area contributed by atoms with Crippen molar-refractivity contribution in [2.45, 2.75) is 25.8 Å². The van der Waals surface area contributed by atoms with Crippen molar-refractivity contribution in [2.24, 2.45) is 0 Å². The first kappa shape index (κ1) is 21.1. The van der Waals surface area contributed by atoms with E-state index in [4.69, 9.17) is 14.2 Å². The number of morpholine rings is 1. The summed E-state index contributed by atoms with van der Waals surface area (Å²) in [5.41, 5.74) is 1.44. The molecule has 1 aromatic carbocycles. The predicted octanol–water partition coefficient (Wildman–Crippen LogP) is 2.36. The minimum Gasteiger partial charge on any atom is -0.490 e. The van der Waals surface area contributed by atoms with E-state index in [0.717, 1.165) is 30.9 Å². The monoisotopic (exact) mass is 425 g/mol. The Labute approximate surface area is 181 Å². The maximum Gasteiger partial charge on any atom is 0.220 e. The number of carbonyl (C=O) groups excluding carboxylic acids is 2. The average Bonchev–Trinajstić information content (AvgIpc) is 3.07. The molecule has 2 aliphatic rings. The Bertz CT molecular complexity index is 910. The van der Waals surface area contributed by atoms with Crippen LogP contribution in [0.3, 0.4) is 0 Å². The van der Waals surface area contributed by atoms with E-state index in [1.54, 1.807) is 24.4 Å². The number of fused-ring (bicyclic) bond motifs is 1. The highest BCUT2D eigenvalue weighted by Crippen LogP contribution is 2.30. The molecule has 31 heavy (non-hydrogen) atoms. The maximum atomic E-state index is 12.5. The van der Waals surface area contributed by atoms with Gasteiger partial charge in [-0.3, -0.25) is 9.59 Å². The van der Waals surface area contributed by atoms with Crippen molar-refractivity contribution < 1.29 is 23.8 Å². The van der Waals surface area contributed by atoms with Crippen molar-refractivity contribution >= 4 is 17.5 Å². The van der Waals surface area contributed by atoms with E-state index in [9.17, 15) is 9.59 Å². The van der Waals surface area contributed by atoms with Crippen LogP contribution in [0.4, 0.5) is 5.82 Å². The minimum absolute atomic E-state index is 0.0951. The number of hydrogen-bond acceptors (Lipinski definition) is 7. The number of Topliss-reactive ketones (excluding diaryl/α,β-unsaturated/α-hetero) is 1. The smallest absolute Gasteiger partial charge is 0.220 e. The van der Waals surface area contributed by atoms with Gasteiger partial charge in [-0.15, -0.1) is 0 Å². The highest BCUT2D eigenvalue weighted by molar-refractivity contribution is 5.98. The molecule has 1 aromatic heterocycles. The Balaban J connectivity index is 1.23. The molecule has 1 N–H and O–H groups in total. The molecular weight excluding hydrogens is 398 g/mol. The second kappa shape index (κ2) is 10.3. The lowest BCUT2D eigenvalue weighted by Gasteiger charge is -2.27. The fourth-order valence-corrected chi connectivity index (χ4v) is 3.50. The van der Waals surface area contributed by atoms with Crippen LogP contribution in [0.2, 0.25) is 0 Å². The first-order valence-electron chi connectivity index (χ1n) is 10.7. The molecule has 0 radical (unpaired) electrons. The first-order chi connectivity index (χ1) is 15.2. The van der Waals surface area contributed by atoms with E-state index in [1.165, 1.54) is 0 Å². The molecule has 3 heterocycles. The van der Waals surface area contributed by atoms with Crippen LogP contribution in [0.5, 0.6) is 11.5 Å². The molecular formula is C23H27N3O5. The highest BCUT2D eigenvalue weighted by atomic mass is 16.5. The van der Waals surface area contributed by atoms with Crippen molar-refractivity contribution in [2.75, 3.05) is 44.4 Å². The topological polar surface area (TPSA) is 90.0 Å². The zero-order valence-electron chi connectivity index (χ0n) is 17.5. The molecule has 8 heteroatoms. The fraction of sp³-hybridized carbons (Fsp3) is 0.435. The summed E-state index contributed by atoms with van der Waals surface area (Å²) in [6.07, 6.45) is 2.85. The van der Waals surface area contributed by atoms with E-state index in [1.807, 2.05) is 12.1 Å². The largest absolute Gasteiger partial charge is 0.490 e. The summed E-state index contributed by atoms with van der Waals surface area (Å²) in [6.45, 7) is 4.64. The molecule has 1 amide bonds. The van der Waals surface area contributed by atoms with Gasteiger partial charge in [-0.1, -0.05) is 6.07 Å². The number of ketones is 1. The van der Waals surface area contributed by atoms with Crippen molar-refractivity contribution in [1.29, 1.82) is 0 Å². The van der Waals surface area contributed by atoms with E-state index >= 15 is 0 Å². The van der Waals surface area contributed by atoms with Crippen molar-refractivity contribution in [1.82, 2.24) is 10.3 Å². The molecule has 0 spiro atoms. The molecule has 2 aromatic rings. The zero-order chi connectivity index (χ0) is 21.5. The number of benzene rings is 1. The number of carbonyl (C=O) groups is 2. The van der Waals surface area contributed by atoms with Crippen molar-refractivity contribution in [3.8, 4) is 11.5 Å². The van der Waals surface area contributed by atoms with E-state index in [0.29, 0.717) is 50.0 Å². The van der Waals surface area contributed by atoms with Gasteiger partial charge >= 0.3 is 0 Å². The fourth-order valence-electron chi connectivity index (χ4n) is 3.50. The Morgan fingerprint density at radius 1 is 0.968 bits per heavy atom. The number of rotatable bonds is 7. The number of nitrogens with zero attached hydrogens (tertiary/aromatic N) is 2. The lowest BCUT2D eigenvalue weighted by molar-refractivity contribution is -0.121. The second-order valence-corrected chi connectivity index (χ2v) is 7.54. The Morgan fingerprint density at radius 3 is 2.55 bits per heavy atom. The summed E-state index contributed by atoms with van der Waals surface area (Å²) in [4.78, 5) is 31.3. The quantitative estimate of drug-likeness (QED) is 0.681. The van der Waals surface area contributed by atoms with Gasteiger partial charge in [0.25, 0.3) is 0 Å². The normalized spacial score (nSPS) is 15.8. The van der Waals surface area contributed by atoms with Gasteiger partial charge in [-0.25, -0.2) is 4.98 Å². The van der Waals surface area contributed by atoms with Gasteiger partial charge in [0.1, 0.15) is 5.82 Å². The van der Waals surface area contributed by atoms with Gasteiger partial charge in [0, 0.05) is 50.7 Å². The van der Waals surface area contributed by atoms with Gasteiger partial charge in [0.2, 0.25) is 5.91 Å². The molecule has 164 valence electrons. The molecule has 0 saturated carbocycles. The standard InChI is InChI=1S/C23H27N3O5/c27-19(18-3-5-20-21(14-18)31-11-1-10-30-20)4-7-23(28)25-16-17-2-6-22(24-15-17)26-8-12-29-13-9-26/h2-3,5-6,14-15H,1,4,7-13,16H2,(H,25,28). The third-order valence-corrected chi connectivity index (χ3v) is 5.28. The second-order valence-electron chi connectivity index (χ2n) is 7.54. The summed E-state index contributed by atoms with van der Waals surface area (Å²) in [6, 6.07) is 9.08. The molecule has 1 fully saturated rings. The molecule has 0 atom stereocenters. The first-order valence-corrected chi connectivity index (χ1v) is 10.7. The molecule has 8 nitrogen and oxygen atoms in total. The number of aromatic nitrogens is 1. The Kier molecular flexibility index (Phi) is 6.99. The van der Waals surface area contributed by atoms with Crippen molar-refractivity contribution in [3.63, 3.8) is 0 Å². The number of anilines is 1. The third kappa shape index (κ3) is 5.73. The molecule has 2 aliphatic heterocycles. The lowest BCUT2D eigenvalue weighted by atomic mass is 10.1. The lowest BCUT2D eigenvalue weighted by Crippen LogP contribution is -2.36. The van der Waals surface area contributed by atoms with Gasteiger partial charge in [0.05, 0.1) is 26.4 Å². The van der Waals surface area contributed by atoms with Gasteiger partial charge in [0.15, 0.2) is 17.3 Å². The number of hydrogen-bond donors (Lipinski definition) is 1. The summed E-state index contributed by atoms with van der Waals surface area (Å²) < 4.78 is 16.6. The summed E-state index contributed by atoms with van der Waals surface area (Å²) in [5, 5.41) is 2.85. The van der Waals surface area contributed by atoms with Crippen LogP contribution >= 0.6 is 0 Å². The highest BCUT2D eigenvalue weighted by Gasteiger charge is 2.16. The predicted molar refractivity (Wildman–Crippen MR) is 115 cm³/mol. The van der Waals surface area contributed by atoms with Gasteiger partial charge < -0.3 is 24.4 Å². The summed E-state index contributed by atoms with van der Waals surface area (Å²) in [5.74, 6) is 1.89. The van der Waals surface area contributed by atoms with Gasteiger partial charge in [-0.2, -0.15) is 0 Å². The number of nitrogens with one attached hydrogen (secondary N) is 1. The molecule has 0 bridgehead atoms. The molecule has 1 saturated heterocycles. The van der Waals surface area contributed by atoms with Crippen molar-refractivity contribution in [3.05, 3.63) is 47.7 Å². The molecule has 4 rings (SSSR count). The number of pyridine rings is 1.